The molecule has 0 radical (unpaired) electrons. The minimum absolute atomic E-state index is 0. The average Bonchev–Trinajstić information content (AvgIpc) is 3.09. The molecule has 0 unspecified atom stereocenters. The Morgan fingerprint density at radius 1 is 0.192 bits per heavy atom. The Balaban J connectivity index is -0.0000120. The molecule has 0 aromatic rings. The van der Waals surface area contributed by atoms with Gasteiger partial charge in [-0.15, -0.1) is 0 Å². The quantitative estimate of drug-likeness (QED) is 0.0423. The topological polar surface area (TPSA) is 0 Å². The lowest BCUT2D eigenvalue weighted by Crippen LogP contribution is -3.00. The fourth-order valence-corrected chi connectivity index (χ4v) is 8.19. The molecule has 52 heavy (non-hydrogen) atoms. The van der Waals surface area contributed by atoms with Crippen LogP contribution < -0.4 is 34.0 Å². The van der Waals surface area contributed by atoms with Crippen LogP contribution >= 0.6 is 0 Å². The van der Waals surface area contributed by atoms with E-state index in [-0.39, 0.29) is 34.0 Å². The van der Waals surface area contributed by atoms with Crippen molar-refractivity contribution in [2.75, 3.05) is 54.4 Å². The zero-order valence-electron chi connectivity index (χ0n) is 37.3. The summed E-state index contributed by atoms with van der Waals surface area (Å²) >= 11 is 0. The van der Waals surface area contributed by atoms with Crippen LogP contribution in [0, 0.1) is 0 Å². The zero-order valence-corrected chi connectivity index (χ0v) is 40.5. The van der Waals surface area contributed by atoms with Gasteiger partial charge in [-0.1, -0.05) is 206 Å². The SMILES string of the molecule is CCCCCCCCCCCCCCCC[N+](C)(C)CCCCCCCCCCCC[N+](C)(C)CCCCCCCCCCCCCCCC.[Br-].[Br-]. The molecule has 2 nitrogen and oxygen atoms in total. The largest absolute Gasteiger partial charge is 1.00 e. The van der Waals surface area contributed by atoms with Crippen LogP contribution in [-0.4, -0.2) is 63.3 Å². The van der Waals surface area contributed by atoms with Gasteiger partial charge in [-0.3, -0.25) is 0 Å². The van der Waals surface area contributed by atoms with Crippen molar-refractivity contribution in [3.63, 3.8) is 0 Å². The summed E-state index contributed by atoms with van der Waals surface area (Å²) < 4.78 is 2.49. The van der Waals surface area contributed by atoms with Crippen LogP contribution in [0.15, 0.2) is 0 Å². The van der Waals surface area contributed by atoms with Gasteiger partial charge in [-0.2, -0.15) is 0 Å². The highest BCUT2D eigenvalue weighted by atomic mass is 79.9. The predicted molar refractivity (Wildman–Crippen MR) is 230 cm³/mol. The fourth-order valence-electron chi connectivity index (χ4n) is 8.19. The Morgan fingerprint density at radius 3 is 0.442 bits per heavy atom. The molecular weight excluding hydrogens is 764 g/mol. The number of quaternary nitrogens is 2. The summed E-state index contributed by atoms with van der Waals surface area (Å²) in [5, 5.41) is 0. The third-order valence-electron chi connectivity index (χ3n) is 12.0. The van der Waals surface area contributed by atoms with Gasteiger partial charge in [-0.05, 0) is 51.4 Å². The molecule has 0 N–H and O–H groups in total. The van der Waals surface area contributed by atoms with Gasteiger partial charge in [0.25, 0.3) is 0 Å². The third kappa shape index (κ3) is 47.0. The lowest BCUT2D eigenvalue weighted by Gasteiger charge is -2.30. The average molecular weight is 867 g/mol. The van der Waals surface area contributed by atoms with E-state index in [0.29, 0.717) is 0 Å². The van der Waals surface area contributed by atoms with Crippen LogP contribution in [0.1, 0.15) is 258 Å². The van der Waals surface area contributed by atoms with Crippen molar-refractivity contribution in [3.05, 3.63) is 0 Å². The summed E-state index contributed by atoms with van der Waals surface area (Å²) in [5.41, 5.74) is 0. The molecule has 4 heteroatoms. The van der Waals surface area contributed by atoms with E-state index in [9.17, 15) is 0 Å². The fraction of sp³-hybridized carbons (Fsp3) is 1.00. The molecule has 0 fully saturated rings. The van der Waals surface area contributed by atoms with E-state index in [0.717, 1.165) is 0 Å². The molecule has 0 amide bonds. The van der Waals surface area contributed by atoms with E-state index >= 15 is 0 Å². The summed E-state index contributed by atoms with van der Waals surface area (Å²) in [5.74, 6) is 0. The van der Waals surface area contributed by atoms with E-state index in [1.54, 1.807) is 0 Å². The Bertz CT molecular complexity index is 584. The zero-order chi connectivity index (χ0) is 36.7. The van der Waals surface area contributed by atoms with Crippen molar-refractivity contribution in [1.82, 2.24) is 0 Å². The highest BCUT2D eigenvalue weighted by Crippen LogP contribution is 2.17. The number of unbranched alkanes of at least 4 members (excludes halogenated alkanes) is 35. The Kier molecular flexibility index (Phi) is 49.1. The minimum Gasteiger partial charge on any atom is -1.00 e. The first-order valence-corrected chi connectivity index (χ1v) is 24.0. The Hall–Kier alpha value is 0.880. The Labute approximate surface area is 353 Å². The van der Waals surface area contributed by atoms with Crippen molar-refractivity contribution >= 4 is 0 Å². The first kappa shape index (κ1) is 57.2. The second kappa shape index (κ2) is 44.6. The molecule has 0 saturated carbocycles. The Morgan fingerprint density at radius 2 is 0.308 bits per heavy atom. The first-order valence-electron chi connectivity index (χ1n) is 24.0. The molecule has 0 spiro atoms. The van der Waals surface area contributed by atoms with Crippen molar-refractivity contribution in [2.45, 2.75) is 258 Å². The maximum Gasteiger partial charge on any atom is 0.0782 e. The number of nitrogens with zero attached hydrogens (tertiary/aromatic N) is 2. The normalized spacial score (nSPS) is 11.9. The second-order valence-corrected chi connectivity index (χ2v) is 18.5. The third-order valence-corrected chi connectivity index (χ3v) is 12.0. The van der Waals surface area contributed by atoms with Gasteiger partial charge in [-0.25, -0.2) is 0 Å². The van der Waals surface area contributed by atoms with Crippen LogP contribution in [0.2, 0.25) is 0 Å². The van der Waals surface area contributed by atoms with Crippen LogP contribution in [-0.2, 0) is 0 Å². The molecule has 0 aromatic carbocycles. The van der Waals surface area contributed by atoms with E-state index in [1.807, 2.05) is 0 Å². The van der Waals surface area contributed by atoms with E-state index in [4.69, 9.17) is 0 Å². The molecule has 0 aliphatic carbocycles. The number of hydrogen-bond acceptors (Lipinski definition) is 0. The van der Waals surface area contributed by atoms with Crippen LogP contribution in [0.5, 0.6) is 0 Å². The van der Waals surface area contributed by atoms with Crippen molar-refractivity contribution in [1.29, 1.82) is 0 Å². The monoisotopic (exact) mass is 865 g/mol. The first-order chi connectivity index (χ1) is 24.3. The smallest absolute Gasteiger partial charge is 0.0782 e. The number of halogens is 2. The summed E-state index contributed by atoms with van der Waals surface area (Å²) in [7, 11) is 9.90. The van der Waals surface area contributed by atoms with Gasteiger partial charge in [0.15, 0.2) is 0 Å². The molecule has 0 rings (SSSR count). The number of hydrogen-bond donors (Lipinski definition) is 0. The summed E-state index contributed by atoms with van der Waals surface area (Å²) in [6.45, 7) is 10.2. The van der Waals surface area contributed by atoms with Gasteiger partial charge in [0.2, 0.25) is 0 Å². The van der Waals surface area contributed by atoms with E-state index < -0.39 is 0 Å². The molecule has 0 aliphatic rings. The highest BCUT2D eigenvalue weighted by Gasteiger charge is 2.14. The molecular formula is C48H102Br2N2. The molecule has 318 valence electrons. The van der Waals surface area contributed by atoms with Crippen molar-refractivity contribution < 1.29 is 42.9 Å². The molecule has 0 atom stereocenters. The van der Waals surface area contributed by atoms with Crippen molar-refractivity contribution in [3.8, 4) is 0 Å². The van der Waals surface area contributed by atoms with Crippen LogP contribution in [0.4, 0.5) is 0 Å². The second-order valence-electron chi connectivity index (χ2n) is 18.5. The molecule has 0 aliphatic heterocycles. The number of rotatable bonds is 43. The predicted octanol–water partition coefficient (Wildman–Crippen LogP) is 10.0. The van der Waals surface area contributed by atoms with E-state index in [1.165, 1.54) is 279 Å². The van der Waals surface area contributed by atoms with Gasteiger partial charge in [0.1, 0.15) is 0 Å². The van der Waals surface area contributed by atoms with Crippen molar-refractivity contribution in [2.24, 2.45) is 0 Å². The standard InChI is InChI=1S/C48H102N2.2BrH/c1-7-9-11-13-15-17-19-21-23-25-29-33-37-41-45-49(3,4)47-43-39-35-31-27-28-32-36-40-44-48-50(5,6)46-42-38-34-30-26-24-22-20-18-16-14-12-10-8-2;;/h7-48H2,1-6H3;2*1H/q+2;;/p-2. The summed E-state index contributed by atoms with van der Waals surface area (Å²) in [4.78, 5) is 0. The highest BCUT2D eigenvalue weighted by molar-refractivity contribution is 4.53. The van der Waals surface area contributed by atoms with Gasteiger partial charge in [0, 0.05) is 0 Å². The summed E-state index contributed by atoms with van der Waals surface area (Å²) in [6, 6.07) is 0. The molecule has 0 aromatic heterocycles. The van der Waals surface area contributed by atoms with Crippen LogP contribution in [0.3, 0.4) is 0 Å². The summed E-state index contributed by atoms with van der Waals surface area (Å²) in [6.07, 6.45) is 55.5. The lowest BCUT2D eigenvalue weighted by atomic mass is 10.0. The van der Waals surface area contributed by atoms with Gasteiger partial charge < -0.3 is 42.9 Å². The molecule has 0 heterocycles. The lowest BCUT2D eigenvalue weighted by molar-refractivity contribution is -0.890. The van der Waals surface area contributed by atoms with Gasteiger partial charge >= 0.3 is 0 Å². The minimum atomic E-state index is 0. The molecule has 0 bridgehead atoms. The maximum atomic E-state index is 2.47. The van der Waals surface area contributed by atoms with E-state index in [2.05, 4.69) is 42.0 Å². The van der Waals surface area contributed by atoms with Gasteiger partial charge in [0.05, 0.1) is 54.4 Å². The maximum absolute atomic E-state index is 2.47. The van der Waals surface area contributed by atoms with Crippen LogP contribution in [0.25, 0.3) is 0 Å². The molecule has 0 saturated heterocycles.